The summed E-state index contributed by atoms with van der Waals surface area (Å²) < 4.78 is 14.7. The molecule has 0 unspecified atom stereocenters. The predicted octanol–water partition coefficient (Wildman–Crippen LogP) is 3.68. The SMILES string of the molecule is CC(C)(C)[S@@](=O)N1CCCC[C@H]1c1ccccc1. The summed E-state index contributed by atoms with van der Waals surface area (Å²) >= 11 is 0. The van der Waals surface area contributed by atoms with Crippen molar-refractivity contribution in [2.45, 2.75) is 50.8 Å². The van der Waals surface area contributed by atoms with Crippen molar-refractivity contribution in [3.05, 3.63) is 35.9 Å². The molecule has 2 rings (SSSR count). The van der Waals surface area contributed by atoms with Crippen molar-refractivity contribution in [3.8, 4) is 0 Å². The Kier molecular flexibility index (Phi) is 4.23. The standard InChI is InChI=1S/C15H23NOS/c1-15(2,3)18(17)16-12-8-7-11-14(16)13-9-5-4-6-10-13/h4-6,9-10,14H,7-8,11-12H2,1-3H3/t14-,18+/m0/s1. The van der Waals surface area contributed by atoms with Crippen molar-refractivity contribution in [1.29, 1.82) is 0 Å². The van der Waals surface area contributed by atoms with Crippen molar-refractivity contribution in [3.63, 3.8) is 0 Å². The Morgan fingerprint density at radius 3 is 2.44 bits per heavy atom. The van der Waals surface area contributed by atoms with Crippen LogP contribution < -0.4 is 0 Å². The molecule has 0 saturated carbocycles. The van der Waals surface area contributed by atoms with Crippen LogP contribution in [-0.4, -0.2) is 19.8 Å². The lowest BCUT2D eigenvalue weighted by Gasteiger charge is -2.38. The predicted molar refractivity (Wildman–Crippen MR) is 77.6 cm³/mol. The fourth-order valence-corrected chi connectivity index (χ4v) is 3.92. The van der Waals surface area contributed by atoms with E-state index in [-0.39, 0.29) is 4.75 Å². The van der Waals surface area contributed by atoms with Gasteiger partial charge in [0, 0.05) is 12.6 Å². The number of piperidine rings is 1. The minimum Gasteiger partial charge on any atom is -0.242 e. The number of nitrogens with zero attached hydrogens (tertiary/aromatic N) is 1. The summed E-state index contributed by atoms with van der Waals surface area (Å²) in [5.41, 5.74) is 1.30. The van der Waals surface area contributed by atoms with Crippen LogP contribution in [0.5, 0.6) is 0 Å². The summed E-state index contributed by atoms with van der Waals surface area (Å²) in [7, 11) is -0.921. The summed E-state index contributed by atoms with van der Waals surface area (Å²) in [6, 6.07) is 10.8. The summed E-state index contributed by atoms with van der Waals surface area (Å²) in [4.78, 5) is 0. The van der Waals surface area contributed by atoms with E-state index in [2.05, 4.69) is 49.3 Å². The molecule has 2 nitrogen and oxygen atoms in total. The quantitative estimate of drug-likeness (QED) is 0.799. The third-order valence-corrected chi connectivity index (χ3v) is 5.29. The second kappa shape index (κ2) is 5.54. The third-order valence-electron chi connectivity index (χ3n) is 3.37. The Labute approximate surface area is 113 Å². The van der Waals surface area contributed by atoms with Crippen LogP contribution in [0.3, 0.4) is 0 Å². The van der Waals surface area contributed by atoms with Gasteiger partial charge >= 0.3 is 0 Å². The van der Waals surface area contributed by atoms with E-state index in [0.29, 0.717) is 6.04 Å². The first kappa shape index (κ1) is 13.8. The van der Waals surface area contributed by atoms with Gasteiger partial charge in [-0.05, 0) is 39.2 Å². The first-order chi connectivity index (χ1) is 8.50. The molecule has 18 heavy (non-hydrogen) atoms. The highest BCUT2D eigenvalue weighted by Crippen LogP contribution is 2.34. The molecule has 0 amide bonds. The molecular formula is C15H23NOS. The fourth-order valence-electron chi connectivity index (χ4n) is 2.46. The second-order valence-corrected chi connectivity index (χ2v) is 8.12. The molecule has 100 valence electrons. The molecule has 1 saturated heterocycles. The van der Waals surface area contributed by atoms with Crippen LogP contribution in [0.15, 0.2) is 30.3 Å². The van der Waals surface area contributed by atoms with Gasteiger partial charge in [0.2, 0.25) is 0 Å². The third kappa shape index (κ3) is 3.01. The summed E-state index contributed by atoms with van der Waals surface area (Å²) in [5, 5.41) is 0. The fraction of sp³-hybridized carbons (Fsp3) is 0.600. The molecule has 0 aromatic heterocycles. The van der Waals surface area contributed by atoms with E-state index in [1.54, 1.807) is 0 Å². The van der Waals surface area contributed by atoms with Gasteiger partial charge in [-0.2, -0.15) is 0 Å². The molecule has 0 radical (unpaired) electrons. The molecule has 1 aromatic carbocycles. The maximum absolute atomic E-state index is 12.6. The molecular weight excluding hydrogens is 242 g/mol. The van der Waals surface area contributed by atoms with Crippen molar-refractivity contribution in [2.24, 2.45) is 0 Å². The summed E-state index contributed by atoms with van der Waals surface area (Å²) in [5.74, 6) is 0. The molecule has 1 aliphatic heterocycles. The van der Waals surface area contributed by atoms with E-state index in [0.717, 1.165) is 19.4 Å². The Balaban J connectivity index is 2.24. The van der Waals surface area contributed by atoms with Crippen LogP contribution in [0.1, 0.15) is 51.6 Å². The Morgan fingerprint density at radius 2 is 1.83 bits per heavy atom. The minimum absolute atomic E-state index is 0.176. The van der Waals surface area contributed by atoms with Gasteiger partial charge < -0.3 is 0 Å². The van der Waals surface area contributed by atoms with E-state index in [1.165, 1.54) is 12.0 Å². The maximum atomic E-state index is 12.6. The van der Waals surface area contributed by atoms with E-state index in [9.17, 15) is 4.21 Å². The van der Waals surface area contributed by atoms with Gasteiger partial charge in [0.05, 0.1) is 4.75 Å². The van der Waals surface area contributed by atoms with Gasteiger partial charge in [0.1, 0.15) is 11.0 Å². The molecule has 0 aliphatic carbocycles. The average Bonchev–Trinajstić information content (AvgIpc) is 2.38. The smallest absolute Gasteiger partial charge is 0.100 e. The Bertz CT molecular complexity index is 410. The summed E-state index contributed by atoms with van der Waals surface area (Å²) in [6.07, 6.45) is 3.51. The molecule has 0 N–H and O–H groups in total. The first-order valence-electron chi connectivity index (χ1n) is 6.74. The maximum Gasteiger partial charge on any atom is 0.100 e. The highest BCUT2D eigenvalue weighted by molar-refractivity contribution is 7.84. The van der Waals surface area contributed by atoms with E-state index in [1.807, 2.05) is 6.07 Å². The van der Waals surface area contributed by atoms with Crippen molar-refractivity contribution < 1.29 is 4.21 Å². The topological polar surface area (TPSA) is 20.3 Å². The van der Waals surface area contributed by atoms with Gasteiger partial charge in [0.25, 0.3) is 0 Å². The van der Waals surface area contributed by atoms with Crippen LogP contribution in [-0.2, 0) is 11.0 Å². The number of rotatable bonds is 2. The van der Waals surface area contributed by atoms with Crippen LogP contribution in [0.25, 0.3) is 0 Å². The van der Waals surface area contributed by atoms with Crippen LogP contribution in [0, 0.1) is 0 Å². The highest BCUT2D eigenvalue weighted by atomic mass is 32.2. The minimum atomic E-state index is -0.921. The van der Waals surface area contributed by atoms with Crippen LogP contribution in [0.4, 0.5) is 0 Å². The second-order valence-electron chi connectivity index (χ2n) is 5.92. The number of benzene rings is 1. The zero-order chi connectivity index (χ0) is 13.2. The van der Waals surface area contributed by atoms with Gasteiger partial charge in [-0.15, -0.1) is 0 Å². The van der Waals surface area contributed by atoms with Crippen LogP contribution >= 0.6 is 0 Å². The first-order valence-corrected chi connectivity index (χ1v) is 7.84. The molecule has 3 heteroatoms. The molecule has 1 aliphatic rings. The lowest BCUT2D eigenvalue weighted by atomic mass is 9.98. The zero-order valence-corrected chi connectivity index (χ0v) is 12.4. The van der Waals surface area contributed by atoms with Crippen molar-refractivity contribution in [1.82, 2.24) is 4.31 Å². The molecule has 2 atom stereocenters. The van der Waals surface area contributed by atoms with E-state index in [4.69, 9.17) is 0 Å². The van der Waals surface area contributed by atoms with E-state index >= 15 is 0 Å². The van der Waals surface area contributed by atoms with Crippen LogP contribution in [0.2, 0.25) is 0 Å². The Morgan fingerprint density at radius 1 is 1.17 bits per heavy atom. The number of hydrogen-bond acceptors (Lipinski definition) is 1. The van der Waals surface area contributed by atoms with Gasteiger partial charge in [0.15, 0.2) is 0 Å². The monoisotopic (exact) mass is 265 g/mol. The molecule has 0 bridgehead atoms. The van der Waals surface area contributed by atoms with E-state index < -0.39 is 11.0 Å². The Hall–Kier alpha value is -0.670. The van der Waals surface area contributed by atoms with Crippen molar-refractivity contribution in [2.75, 3.05) is 6.54 Å². The zero-order valence-electron chi connectivity index (χ0n) is 11.6. The van der Waals surface area contributed by atoms with Gasteiger partial charge in [-0.3, -0.25) is 0 Å². The average molecular weight is 265 g/mol. The lowest BCUT2D eigenvalue weighted by Crippen LogP contribution is -2.42. The molecule has 1 fully saturated rings. The molecule has 1 aromatic rings. The normalized spacial score (nSPS) is 23.8. The molecule has 1 heterocycles. The largest absolute Gasteiger partial charge is 0.242 e. The van der Waals surface area contributed by atoms with Gasteiger partial charge in [-0.1, -0.05) is 36.8 Å². The molecule has 0 spiro atoms. The summed E-state index contributed by atoms with van der Waals surface area (Å²) in [6.45, 7) is 7.11. The van der Waals surface area contributed by atoms with Crippen molar-refractivity contribution >= 4 is 11.0 Å². The highest BCUT2D eigenvalue weighted by Gasteiger charge is 2.33. The lowest BCUT2D eigenvalue weighted by molar-refractivity contribution is 0.264. The number of hydrogen-bond donors (Lipinski definition) is 0. The van der Waals surface area contributed by atoms with Gasteiger partial charge in [-0.25, -0.2) is 8.51 Å².